The van der Waals surface area contributed by atoms with Crippen LogP contribution in [0.25, 0.3) is 11.3 Å². The van der Waals surface area contributed by atoms with Crippen molar-refractivity contribution in [2.75, 3.05) is 12.4 Å². The molecule has 140 valence electrons. The smallest absolute Gasteiger partial charge is 0.433 e. The number of amides is 1. The summed E-state index contributed by atoms with van der Waals surface area (Å²) in [6, 6.07) is 9.17. The molecule has 0 unspecified atom stereocenters. The molecule has 0 aliphatic heterocycles. The molecule has 5 nitrogen and oxygen atoms in total. The van der Waals surface area contributed by atoms with Gasteiger partial charge < -0.3 is 4.74 Å². The van der Waals surface area contributed by atoms with Gasteiger partial charge in [-0.15, -0.1) is 11.3 Å². The number of ether oxygens (including phenoxy) is 1. The number of rotatable bonds is 4. The molecule has 1 amide bonds. The molecule has 0 radical (unpaired) electrons. The van der Waals surface area contributed by atoms with Gasteiger partial charge in [0, 0.05) is 16.6 Å². The number of hydrogen-bond acceptors (Lipinski definition) is 5. The Morgan fingerprint density at radius 1 is 1.15 bits per heavy atom. The maximum atomic E-state index is 12.5. The maximum Gasteiger partial charge on any atom is 0.433 e. The van der Waals surface area contributed by atoms with Crippen LogP contribution in [0, 0.1) is 6.92 Å². The Balaban J connectivity index is 1.77. The Labute approximate surface area is 156 Å². The number of halogens is 3. The van der Waals surface area contributed by atoms with Crippen molar-refractivity contribution in [2.45, 2.75) is 13.1 Å². The highest BCUT2D eigenvalue weighted by molar-refractivity contribution is 7.16. The van der Waals surface area contributed by atoms with E-state index in [4.69, 9.17) is 4.74 Å². The van der Waals surface area contributed by atoms with Crippen LogP contribution in [0.5, 0.6) is 5.75 Å². The highest BCUT2D eigenvalue weighted by Crippen LogP contribution is 2.32. The van der Waals surface area contributed by atoms with Gasteiger partial charge in [0.1, 0.15) is 11.4 Å². The molecule has 0 fully saturated rings. The molecule has 1 aromatic carbocycles. The summed E-state index contributed by atoms with van der Waals surface area (Å²) < 4.78 is 42.8. The standard InChI is InChI=1S/C18H14F3N3O2S/c1-10-15(11-3-6-13(26-2)7-4-11)23-17(27-10)24-16(25)12-5-8-14(22-9-12)18(19,20)21/h3-9H,1-2H3,(H,23,24,25). The number of pyridine rings is 1. The van der Waals surface area contributed by atoms with Gasteiger partial charge in [-0.25, -0.2) is 4.98 Å². The lowest BCUT2D eigenvalue weighted by molar-refractivity contribution is -0.141. The quantitative estimate of drug-likeness (QED) is 0.692. The SMILES string of the molecule is COc1ccc(-c2nc(NC(=O)c3ccc(C(F)(F)F)nc3)sc2C)cc1. The summed E-state index contributed by atoms with van der Waals surface area (Å²) in [7, 11) is 1.58. The number of aryl methyl sites for hydroxylation is 1. The normalized spacial score (nSPS) is 11.3. The summed E-state index contributed by atoms with van der Waals surface area (Å²) in [5, 5.41) is 2.94. The van der Waals surface area contributed by atoms with E-state index < -0.39 is 17.8 Å². The van der Waals surface area contributed by atoms with Gasteiger partial charge >= 0.3 is 6.18 Å². The molecular weight excluding hydrogens is 379 g/mol. The van der Waals surface area contributed by atoms with Gasteiger partial charge in [0.2, 0.25) is 0 Å². The molecule has 0 spiro atoms. The average Bonchev–Trinajstić information content (AvgIpc) is 3.01. The Kier molecular flexibility index (Phi) is 5.13. The first-order chi connectivity index (χ1) is 12.8. The minimum atomic E-state index is -4.55. The largest absolute Gasteiger partial charge is 0.497 e. The fourth-order valence-corrected chi connectivity index (χ4v) is 3.16. The lowest BCUT2D eigenvalue weighted by Crippen LogP contribution is -2.14. The lowest BCUT2D eigenvalue weighted by Gasteiger charge is -2.06. The number of hydrogen-bond donors (Lipinski definition) is 1. The van der Waals surface area contributed by atoms with Crippen LogP contribution in [0.15, 0.2) is 42.6 Å². The van der Waals surface area contributed by atoms with E-state index in [-0.39, 0.29) is 5.56 Å². The molecule has 2 heterocycles. The highest BCUT2D eigenvalue weighted by Gasteiger charge is 2.32. The van der Waals surface area contributed by atoms with Crippen LogP contribution in [0.2, 0.25) is 0 Å². The zero-order chi connectivity index (χ0) is 19.6. The number of anilines is 1. The van der Waals surface area contributed by atoms with E-state index in [0.717, 1.165) is 34.5 Å². The van der Waals surface area contributed by atoms with Crippen molar-refractivity contribution in [2.24, 2.45) is 0 Å². The number of thiazole rings is 1. The van der Waals surface area contributed by atoms with E-state index in [9.17, 15) is 18.0 Å². The molecule has 0 saturated heterocycles. The number of benzene rings is 1. The second kappa shape index (κ2) is 7.36. The van der Waals surface area contributed by atoms with Gasteiger partial charge in [-0.2, -0.15) is 13.2 Å². The fraction of sp³-hybridized carbons (Fsp3) is 0.167. The zero-order valence-corrected chi connectivity index (χ0v) is 15.1. The third-order valence-corrected chi connectivity index (χ3v) is 4.58. The molecule has 27 heavy (non-hydrogen) atoms. The fourth-order valence-electron chi connectivity index (χ4n) is 2.33. The van der Waals surface area contributed by atoms with E-state index in [1.165, 1.54) is 11.3 Å². The number of carbonyl (C=O) groups is 1. The Morgan fingerprint density at radius 2 is 1.85 bits per heavy atom. The molecule has 0 saturated carbocycles. The first kappa shape index (κ1) is 18.8. The van der Waals surface area contributed by atoms with Gasteiger partial charge in [-0.1, -0.05) is 0 Å². The van der Waals surface area contributed by atoms with Crippen LogP contribution in [0.1, 0.15) is 20.9 Å². The predicted octanol–water partition coefficient (Wildman–Crippen LogP) is 4.79. The van der Waals surface area contributed by atoms with Crippen LogP contribution in [0.4, 0.5) is 18.3 Å². The minimum absolute atomic E-state index is 0.0156. The molecule has 0 atom stereocenters. The summed E-state index contributed by atoms with van der Waals surface area (Å²) in [6.45, 7) is 1.87. The second-order valence-corrected chi connectivity index (χ2v) is 6.74. The molecule has 3 aromatic rings. The number of alkyl halides is 3. The lowest BCUT2D eigenvalue weighted by atomic mass is 10.1. The summed E-state index contributed by atoms with van der Waals surface area (Å²) in [5.41, 5.74) is 0.539. The summed E-state index contributed by atoms with van der Waals surface area (Å²) in [5.74, 6) is 0.140. The van der Waals surface area contributed by atoms with E-state index >= 15 is 0 Å². The van der Waals surface area contributed by atoms with Crippen molar-refractivity contribution in [3.05, 3.63) is 58.7 Å². The molecule has 3 rings (SSSR count). The Morgan fingerprint density at radius 3 is 2.41 bits per heavy atom. The zero-order valence-electron chi connectivity index (χ0n) is 14.3. The van der Waals surface area contributed by atoms with E-state index in [0.29, 0.717) is 10.8 Å². The van der Waals surface area contributed by atoms with E-state index in [2.05, 4.69) is 15.3 Å². The third-order valence-electron chi connectivity index (χ3n) is 3.70. The number of aromatic nitrogens is 2. The number of methoxy groups -OCH3 is 1. The molecule has 9 heteroatoms. The molecular formula is C18H14F3N3O2S. The highest BCUT2D eigenvalue weighted by atomic mass is 32.1. The van der Waals surface area contributed by atoms with Crippen LogP contribution < -0.4 is 10.1 Å². The Hall–Kier alpha value is -2.94. The molecule has 1 N–H and O–H groups in total. The molecule has 2 aromatic heterocycles. The maximum absolute atomic E-state index is 12.5. The van der Waals surface area contributed by atoms with Gasteiger partial charge in [0.25, 0.3) is 5.91 Å². The topological polar surface area (TPSA) is 64.1 Å². The van der Waals surface area contributed by atoms with Crippen molar-refractivity contribution in [3.8, 4) is 17.0 Å². The Bertz CT molecular complexity index is 951. The predicted molar refractivity (Wildman–Crippen MR) is 96.0 cm³/mol. The van der Waals surface area contributed by atoms with Crippen molar-refractivity contribution in [1.29, 1.82) is 0 Å². The van der Waals surface area contributed by atoms with Gasteiger partial charge in [0.15, 0.2) is 5.13 Å². The molecule has 0 aliphatic rings. The third kappa shape index (κ3) is 4.25. The molecule has 0 bridgehead atoms. The first-order valence-corrected chi connectivity index (χ1v) is 8.56. The van der Waals surface area contributed by atoms with Crippen molar-refractivity contribution >= 4 is 22.4 Å². The number of nitrogens with one attached hydrogen (secondary N) is 1. The summed E-state index contributed by atoms with van der Waals surface area (Å²) in [4.78, 5) is 20.8. The molecule has 0 aliphatic carbocycles. The van der Waals surface area contributed by atoms with Gasteiger partial charge in [-0.05, 0) is 43.3 Å². The summed E-state index contributed by atoms with van der Waals surface area (Å²) in [6.07, 6.45) is -3.66. The monoisotopic (exact) mass is 393 g/mol. The average molecular weight is 393 g/mol. The minimum Gasteiger partial charge on any atom is -0.497 e. The number of nitrogens with zero attached hydrogens (tertiary/aromatic N) is 2. The first-order valence-electron chi connectivity index (χ1n) is 7.74. The van der Waals surface area contributed by atoms with E-state index in [1.807, 2.05) is 19.1 Å². The van der Waals surface area contributed by atoms with Crippen LogP contribution >= 0.6 is 11.3 Å². The van der Waals surface area contributed by atoms with Crippen molar-refractivity contribution < 1.29 is 22.7 Å². The van der Waals surface area contributed by atoms with Crippen LogP contribution in [-0.4, -0.2) is 23.0 Å². The van der Waals surface area contributed by atoms with Crippen molar-refractivity contribution in [1.82, 2.24) is 9.97 Å². The van der Waals surface area contributed by atoms with Gasteiger partial charge in [0.05, 0.1) is 18.4 Å². The van der Waals surface area contributed by atoms with Crippen molar-refractivity contribution in [3.63, 3.8) is 0 Å². The van der Waals surface area contributed by atoms with Crippen LogP contribution in [-0.2, 0) is 6.18 Å². The van der Waals surface area contributed by atoms with Crippen LogP contribution in [0.3, 0.4) is 0 Å². The van der Waals surface area contributed by atoms with E-state index in [1.54, 1.807) is 19.2 Å². The number of carbonyl (C=O) groups excluding carboxylic acids is 1. The second-order valence-electron chi connectivity index (χ2n) is 5.54. The van der Waals surface area contributed by atoms with Gasteiger partial charge in [-0.3, -0.25) is 15.1 Å². The summed E-state index contributed by atoms with van der Waals surface area (Å²) >= 11 is 1.27.